The molecule has 0 saturated carbocycles. The van der Waals surface area contributed by atoms with Gasteiger partial charge in [-0.25, -0.2) is 4.98 Å². The van der Waals surface area contributed by atoms with Crippen LogP contribution in [0.4, 0.5) is 0 Å². The molecule has 17 heavy (non-hydrogen) atoms. The molecule has 1 aliphatic rings. The molecule has 1 amide bonds. The second-order valence-electron chi connectivity index (χ2n) is 4.85. The lowest BCUT2D eigenvalue weighted by molar-refractivity contribution is -0.130. The lowest BCUT2D eigenvalue weighted by Crippen LogP contribution is -2.37. The van der Waals surface area contributed by atoms with E-state index in [0.717, 1.165) is 32.2 Å². The highest BCUT2D eigenvalue weighted by Crippen LogP contribution is 2.23. The van der Waals surface area contributed by atoms with E-state index in [1.807, 2.05) is 12.5 Å². The first-order valence-electron chi connectivity index (χ1n) is 6.49. The molecule has 4 heteroatoms. The number of amides is 1. The molecular weight excluding hydrogens is 214 g/mol. The fourth-order valence-electron chi connectivity index (χ4n) is 2.62. The first-order valence-corrected chi connectivity index (χ1v) is 6.49. The first-order chi connectivity index (χ1) is 8.22. The molecule has 1 saturated heterocycles. The van der Waals surface area contributed by atoms with Crippen LogP contribution in [0, 0.1) is 0 Å². The van der Waals surface area contributed by atoms with Crippen molar-refractivity contribution in [2.45, 2.75) is 51.6 Å². The van der Waals surface area contributed by atoms with E-state index in [-0.39, 0.29) is 0 Å². The zero-order valence-electron chi connectivity index (χ0n) is 10.7. The molecule has 0 bridgehead atoms. The second-order valence-corrected chi connectivity index (χ2v) is 4.85. The average molecular weight is 235 g/mol. The molecule has 2 atom stereocenters. The van der Waals surface area contributed by atoms with E-state index in [9.17, 15) is 4.79 Å². The van der Waals surface area contributed by atoms with Gasteiger partial charge in [-0.05, 0) is 26.2 Å². The Balaban J connectivity index is 1.97. The van der Waals surface area contributed by atoms with Crippen LogP contribution in [0.2, 0.25) is 0 Å². The van der Waals surface area contributed by atoms with Crippen LogP contribution in [0.5, 0.6) is 0 Å². The molecule has 2 heterocycles. The minimum atomic E-state index is 0.328. The molecule has 1 aromatic rings. The van der Waals surface area contributed by atoms with E-state index in [2.05, 4.69) is 28.3 Å². The van der Waals surface area contributed by atoms with Gasteiger partial charge in [0.25, 0.3) is 0 Å². The monoisotopic (exact) mass is 235 g/mol. The van der Waals surface area contributed by atoms with Crippen LogP contribution in [0.1, 0.15) is 45.6 Å². The van der Waals surface area contributed by atoms with Gasteiger partial charge in [-0.1, -0.05) is 6.92 Å². The molecule has 2 rings (SSSR count). The van der Waals surface area contributed by atoms with Crippen molar-refractivity contribution in [3.05, 3.63) is 18.7 Å². The van der Waals surface area contributed by atoms with Crippen LogP contribution in [0.15, 0.2) is 18.7 Å². The van der Waals surface area contributed by atoms with E-state index < -0.39 is 0 Å². The maximum Gasteiger partial charge on any atom is 0.222 e. The summed E-state index contributed by atoms with van der Waals surface area (Å²) in [6.45, 7) is 5.29. The van der Waals surface area contributed by atoms with Crippen LogP contribution in [-0.2, 0) is 4.79 Å². The quantitative estimate of drug-likeness (QED) is 0.785. The summed E-state index contributed by atoms with van der Waals surface area (Å²) >= 11 is 0. The van der Waals surface area contributed by atoms with Gasteiger partial charge in [0.2, 0.25) is 5.91 Å². The Morgan fingerprint density at radius 1 is 1.53 bits per heavy atom. The lowest BCUT2D eigenvalue weighted by atomic mass is 10.0. The Morgan fingerprint density at radius 3 is 2.88 bits per heavy atom. The van der Waals surface area contributed by atoms with Gasteiger partial charge in [0, 0.05) is 37.4 Å². The summed E-state index contributed by atoms with van der Waals surface area (Å²) in [7, 11) is 0. The number of likely N-dealkylation sites (tertiary alicyclic amines) is 1. The van der Waals surface area contributed by atoms with Gasteiger partial charge in [0.15, 0.2) is 0 Å². The summed E-state index contributed by atoms with van der Waals surface area (Å²) < 4.78 is 2.11. The number of carbonyl (C=O) groups is 1. The zero-order chi connectivity index (χ0) is 12.3. The molecule has 1 fully saturated rings. The highest BCUT2D eigenvalue weighted by molar-refractivity contribution is 5.78. The van der Waals surface area contributed by atoms with Gasteiger partial charge in [0.05, 0.1) is 6.33 Å². The Morgan fingerprint density at radius 2 is 2.35 bits per heavy atom. The van der Waals surface area contributed by atoms with Gasteiger partial charge >= 0.3 is 0 Å². The molecule has 4 nitrogen and oxygen atoms in total. The lowest BCUT2D eigenvalue weighted by Gasteiger charge is -2.29. The fraction of sp³-hybridized carbons (Fsp3) is 0.692. The molecule has 0 aliphatic carbocycles. The van der Waals surface area contributed by atoms with Gasteiger partial charge in [-0.2, -0.15) is 0 Å². The van der Waals surface area contributed by atoms with Crippen LogP contribution in [0.3, 0.4) is 0 Å². The molecule has 1 aromatic heterocycles. The van der Waals surface area contributed by atoms with Crippen LogP contribution < -0.4 is 0 Å². The third-order valence-corrected chi connectivity index (χ3v) is 3.67. The zero-order valence-corrected chi connectivity index (χ0v) is 10.7. The van der Waals surface area contributed by atoms with Gasteiger partial charge in [-0.3, -0.25) is 4.79 Å². The Bertz CT molecular complexity index is 361. The number of hydrogen-bond acceptors (Lipinski definition) is 2. The predicted molar refractivity (Wildman–Crippen MR) is 66.6 cm³/mol. The van der Waals surface area contributed by atoms with E-state index >= 15 is 0 Å². The Kier molecular flexibility index (Phi) is 3.82. The molecule has 0 spiro atoms. The van der Waals surface area contributed by atoms with E-state index in [1.54, 1.807) is 6.20 Å². The molecule has 94 valence electrons. The Labute approximate surface area is 103 Å². The van der Waals surface area contributed by atoms with Crippen LogP contribution in [0.25, 0.3) is 0 Å². The first kappa shape index (κ1) is 12.1. The van der Waals surface area contributed by atoms with Crippen molar-refractivity contribution in [1.82, 2.24) is 14.5 Å². The van der Waals surface area contributed by atoms with Crippen molar-refractivity contribution in [3.8, 4) is 0 Å². The van der Waals surface area contributed by atoms with E-state index in [1.165, 1.54) is 0 Å². The summed E-state index contributed by atoms with van der Waals surface area (Å²) in [6, 6.07) is 0.776. The van der Waals surface area contributed by atoms with Crippen LogP contribution >= 0.6 is 0 Å². The van der Waals surface area contributed by atoms with Gasteiger partial charge in [0.1, 0.15) is 0 Å². The topological polar surface area (TPSA) is 38.1 Å². The number of nitrogens with zero attached hydrogens (tertiary/aromatic N) is 3. The summed E-state index contributed by atoms with van der Waals surface area (Å²) in [6.07, 6.45) is 9.44. The number of rotatable bonds is 5. The van der Waals surface area contributed by atoms with Gasteiger partial charge < -0.3 is 9.47 Å². The smallest absolute Gasteiger partial charge is 0.222 e. The van der Waals surface area contributed by atoms with Crippen molar-refractivity contribution in [2.24, 2.45) is 0 Å². The molecule has 0 aromatic carbocycles. The average Bonchev–Trinajstić information content (AvgIpc) is 2.96. The van der Waals surface area contributed by atoms with Crippen molar-refractivity contribution < 1.29 is 4.79 Å². The van der Waals surface area contributed by atoms with Gasteiger partial charge in [-0.15, -0.1) is 0 Å². The van der Waals surface area contributed by atoms with E-state index in [0.29, 0.717) is 18.0 Å². The molecule has 0 N–H and O–H groups in total. The molecule has 2 unspecified atom stereocenters. The highest BCUT2D eigenvalue weighted by Gasteiger charge is 2.27. The predicted octanol–water partition coefficient (Wildman–Crippen LogP) is 2.24. The molecular formula is C13H21N3O. The maximum atomic E-state index is 11.7. The normalized spacial score (nSPS) is 19.6. The molecule has 0 radical (unpaired) electrons. The third-order valence-electron chi connectivity index (χ3n) is 3.67. The number of carbonyl (C=O) groups excluding carboxylic acids is 1. The highest BCUT2D eigenvalue weighted by atomic mass is 16.2. The third kappa shape index (κ3) is 2.68. The largest absolute Gasteiger partial charge is 0.340 e. The minimum Gasteiger partial charge on any atom is -0.340 e. The number of imidazole rings is 1. The summed E-state index contributed by atoms with van der Waals surface area (Å²) in [5.74, 6) is 0.328. The number of hydrogen-bond donors (Lipinski definition) is 0. The maximum absolute atomic E-state index is 11.7. The summed E-state index contributed by atoms with van der Waals surface area (Å²) in [5.41, 5.74) is 0. The summed E-state index contributed by atoms with van der Waals surface area (Å²) in [5, 5.41) is 0. The van der Waals surface area contributed by atoms with Crippen molar-refractivity contribution in [1.29, 1.82) is 0 Å². The minimum absolute atomic E-state index is 0.328. The standard InChI is InChI=1S/C13H21N3O/c1-3-12(16-7-4-5-13(16)17)9-11(2)15-8-6-14-10-15/h6,8,10-12H,3-5,7,9H2,1-2H3. The van der Waals surface area contributed by atoms with Crippen molar-refractivity contribution in [2.75, 3.05) is 6.54 Å². The SMILES string of the molecule is CCC(CC(C)n1ccnc1)N1CCCC1=O. The van der Waals surface area contributed by atoms with Crippen LogP contribution in [-0.4, -0.2) is 32.9 Å². The number of aromatic nitrogens is 2. The Hall–Kier alpha value is -1.32. The fourth-order valence-corrected chi connectivity index (χ4v) is 2.62. The molecule has 1 aliphatic heterocycles. The van der Waals surface area contributed by atoms with Crippen molar-refractivity contribution >= 4 is 5.91 Å². The second kappa shape index (κ2) is 5.34. The summed E-state index contributed by atoms with van der Waals surface area (Å²) in [4.78, 5) is 17.9. The van der Waals surface area contributed by atoms with Crippen molar-refractivity contribution in [3.63, 3.8) is 0 Å². The van der Waals surface area contributed by atoms with E-state index in [4.69, 9.17) is 0 Å².